The van der Waals surface area contributed by atoms with Crippen molar-refractivity contribution >= 4 is 10.9 Å². The van der Waals surface area contributed by atoms with Gasteiger partial charge in [0, 0.05) is 17.1 Å². The van der Waals surface area contributed by atoms with Crippen LogP contribution in [-0.2, 0) is 10.8 Å². The molecule has 0 bridgehead atoms. The lowest BCUT2D eigenvalue weighted by atomic mass is 9.79. The van der Waals surface area contributed by atoms with Crippen LogP contribution in [0.15, 0.2) is 24.4 Å². The van der Waals surface area contributed by atoms with Crippen LogP contribution in [0, 0.1) is 0 Å². The van der Waals surface area contributed by atoms with Crippen LogP contribution in [0.2, 0.25) is 0 Å². The van der Waals surface area contributed by atoms with E-state index >= 15 is 0 Å². The molecule has 0 aliphatic rings. The molecule has 0 atom stereocenters. The molecule has 0 radical (unpaired) electrons. The second-order valence-corrected chi connectivity index (χ2v) is 6.93. The molecule has 0 aliphatic heterocycles. The van der Waals surface area contributed by atoms with Gasteiger partial charge in [0.05, 0.1) is 0 Å². The van der Waals surface area contributed by atoms with Crippen molar-refractivity contribution in [3.05, 3.63) is 35.5 Å². The average molecular weight is 229 g/mol. The van der Waals surface area contributed by atoms with Gasteiger partial charge in [-0.3, -0.25) is 0 Å². The van der Waals surface area contributed by atoms with Gasteiger partial charge in [-0.15, -0.1) is 0 Å². The number of hydrogen-bond acceptors (Lipinski definition) is 0. The Labute approximate surface area is 104 Å². The van der Waals surface area contributed by atoms with Gasteiger partial charge < -0.3 is 4.98 Å². The van der Waals surface area contributed by atoms with Gasteiger partial charge in [-0.2, -0.15) is 0 Å². The summed E-state index contributed by atoms with van der Waals surface area (Å²) in [7, 11) is 0. The number of benzene rings is 1. The Morgan fingerprint density at radius 1 is 0.824 bits per heavy atom. The van der Waals surface area contributed by atoms with Crippen molar-refractivity contribution in [2.24, 2.45) is 0 Å². The third kappa shape index (κ3) is 2.11. The lowest BCUT2D eigenvalue weighted by Gasteiger charge is -2.24. The van der Waals surface area contributed by atoms with Crippen molar-refractivity contribution in [1.29, 1.82) is 0 Å². The summed E-state index contributed by atoms with van der Waals surface area (Å²) in [5.74, 6) is 0. The summed E-state index contributed by atoms with van der Waals surface area (Å²) in [5, 5.41) is 1.41. The van der Waals surface area contributed by atoms with E-state index in [2.05, 4.69) is 70.9 Å². The zero-order chi connectivity index (χ0) is 12.8. The predicted molar refractivity (Wildman–Crippen MR) is 75.7 cm³/mol. The van der Waals surface area contributed by atoms with Gasteiger partial charge in [0.2, 0.25) is 0 Å². The standard InChI is InChI=1S/C16H23N/c1-15(2,3)11-8-7-9-13-14(11)12(10-17-13)16(4,5)6/h7-10,17H,1-6H3. The highest BCUT2D eigenvalue weighted by atomic mass is 14.7. The van der Waals surface area contributed by atoms with Crippen LogP contribution < -0.4 is 0 Å². The lowest BCUT2D eigenvalue weighted by molar-refractivity contribution is 0.581. The first kappa shape index (κ1) is 12.2. The molecule has 1 heterocycles. The Balaban J connectivity index is 2.82. The van der Waals surface area contributed by atoms with Gasteiger partial charge in [0.1, 0.15) is 0 Å². The predicted octanol–water partition coefficient (Wildman–Crippen LogP) is 4.76. The van der Waals surface area contributed by atoms with Gasteiger partial charge in [-0.1, -0.05) is 53.7 Å². The second kappa shape index (κ2) is 3.63. The van der Waals surface area contributed by atoms with Crippen molar-refractivity contribution in [1.82, 2.24) is 4.98 Å². The van der Waals surface area contributed by atoms with Crippen molar-refractivity contribution in [2.45, 2.75) is 52.4 Å². The minimum absolute atomic E-state index is 0.180. The average Bonchev–Trinajstić information content (AvgIpc) is 2.57. The van der Waals surface area contributed by atoms with E-state index in [4.69, 9.17) is 0 Å². The van der Waals surface area contributed by atoms with Crippen LogP contribution >= 0.6 is 0 Å². The summed E-state index contributed by atoms with van der Waals surface area (Å²) >= 11 is 0. The third-order valence-electron chi connectivity index (χ3n) is 3.32. The number of rotatable bonds is 0. The molecule has 1 nitrogen and oxygen atoms in total. The van der Waals surface area contributed by atoms with Crippen LogP contribution in [-0.4, -0.2) is 4.98 Å². The second-order valence-electron chi connectivity index (χ2n) is 6.93. The molecule has 1 aromatic heterocycles. The Morgan fingerprint density at radius 2 is 1.41 bits per heavy atom. The maximum absolute atomic E-state index is 3.41. The molecule has 1 N–H and O–H groups in total. The van der Waals surface area contributed by atoms with Gasteiger partial charge in [-0.05, 0) is 28.0 Å². The molecular weight excluding hydrogens is 206 g/mol. The van der Waals surface area contributed by atoms with E-state index < -0.39 is 0 Å². The molecule has 0 unspecified atom stereocenters. The van der Waals surface area contributed by atoms with Crippen molar-refractivity contribution < 1.29 is 0 Å². The zero-order valence-corrected chi connectivity index (χ0v) is 11.8. The molecule has 0 spiro atoms. The number of aromatic amines is 1. The summed E-state index contributed by atoms with van der Waals surface area (Å²) in [5.41, 5.74) is 4.46. The maximum Gasteiger partial charge on any atom is 0.0460 e. The summed E-state index contributed by atoms with van der Waals surface area (Å²) in [6.07, 6.45) is 2.17. The SMILES string of the molecule is CC(C)(C)c1cccc2[nH]cc(C(C)(C)C)c12. The largest absolute Gasteiger partial charge is 0.361 e. The molecule has 0 amide bonds. The van der Waals surface area contributed by atoms with E-state index in [-0.39, 0.29) is 10.8 Å². The Bertz CT molecular complexity index is 533. The van der Waals surface area contributed by atoms with Gasteiger partial charge in [0.15, 0.2) is 0 Å². The van der Waals surface area contributed by atoms with Crippen LogP contribution in [0.1, 0.15) is 52.7 Å². The fraction of sp³-hybridized carbons (Fsp3) is 0.500. The highest BCUT2D eigenvalue weighted by Crippen LogP contribution is 2.36. The maximum atomic E-state index is 3.41. The summed E-state index contributed by atoms with van der Waals surface area (Å²) < 4.78 is 0. The fourth-order valence-electron chi connectivity index (χ4n) is 2.40. The summed E-state index contributed by atoms with van der Waals surface area (Å²) in [4.78, 5) is 3.41. The topological polar surface area (TPSA) is 15.8 Å². The molecule has 0 saturated heterocycles. The minimum atomic E-state index is 0.180. The Hall–Kier alpha value is -1.24. The molecule has 2 aromatic rings. The number of fused-ring (bicyclic) bond motifs is 1. The number of hydrogen-bond donors (Lipinski definition) is 1. The van der Waals surface area contributed by atoms with Crippen LogP contribution in [0.3, 0.4) is 0 Å². The molecule has 17 heavy (non-hydrogen) atoms. The monoisotopic (exact) mass is 229 g/mol. The van der Waals surface area contributed by atoms with Crippen molar-refractivity contribution in [3.63, 3.8) is 0 Å². The summed E-state index contributed by atoms with van der Waals surface area (Å²) in [6.45, 7) is 13.7. The molecule has 0 aliphatic carbocycles. The fourth-order valence-corrected chi connectivity index (χ4v) is 2.40. The molecule has 0 fully saturated rings. The van der Waals surface area contributed by atoms with Crippen molar-refractivity contribution in [3.8, 4) is 0 Å². The molecular formula is C16H23N. The normalized spacial score (nSPS) is 13.3. The first-order chi connectivity index (χ1) is 7.71. The van der Waals surface area contributed by atoms with E-state index in [1.54, 1.807) is 0 Å². The molecule has 92 valence electrons. The van der Waals surface area contributed by atoms with Crippen LogP contribution in [0.25, 0.3) is 10.9 Å². The number of aromatic nitrogens is 1. The number of nitrogens with one attached hydrogen (secondary N) is 1. The van der Waals surface area contributed by atoms with E-state index in [1.807, 2.05) is 0 Å². The zero-order valence-electron chi connectivity index (χ0n) is 11.8. The van der Waals surface area contributed by atoms with Crippen molar-refractivity contribution in [2.75, 3.05) is 0 Å². The first-order valence-electron chi connectivity index (χ1n) is 6.32. The van der Waals surface area contributed by atoms with Gasteiger partial charge in [0.25, 0.3) is 0 Å². The molecule has 2 rings (SSSR count). The first-order valence-corrected chi connectivity index (χ1v) is 6.32. The molecule has 1 heteroatoms. The Morgan fingerprint density at radius 3 is 1.94 bits per heavy atom. The van der Waals surface area contributed by atoms with Gasteiger partial charge in [-0.25, -0.2) is 0 Å². The quantitative estimate of drug-likeness (QED) is 0.670. The third-order valence-corrected chi connectivity index (χ3v) is 3.32. The summed E-state index contributed by atoms with van der Waals surface area (Å²) in [6, 6.07) is 6.57. The lowest BCUT2D eigenvalue weighted by Crippen LogP contribution is -2.15. The van der Waals surface area contributed by atoms with Gasteiger partial charge >= 0.3 is 0 Å². The minimum Gasteiger partial charge on any atom is -0.361 e. The number of H-pyrrole nitrogens is 1. The van der Waals surface area contributed by atoms with E-state index in [9.17, 15) is 0 Å². The van der Waals surface area contributed by atoms with Crippen LogP contribution in [0.5, 0.6) is 0 Å². The molecule has 1 aromatic carbocycles. The van der Waals surface area contributed by atoms with E-state index in [0.717, 1.165) is 0 Å². The molecule has 0 saturated carbocycles. The smallest absolute Gasteiger partial charge is 0.0460 e. The highest BCUT2D eigenvalue weighted by Gasteiger charge is 2.24. The Kier molecular flexibility index (Phi) is 2.61. The highest BCUT2D eigenvalue weighted by molar-refractivity contribution is 5.88. The van der Waals surface area contributed by atoms with E-state index in [0.29, 0.717) is 0 Å². The van der Waals surface area contributed by atoms with Crippen LogP contribution in [0.4, 0.5) is 0 Å². The van der Waals surface area contributed by atoms with E-state index in [1.165, 1.54) is 22.0 Å².